The molecule has 1 unspecified atom stereocenters. The first-order valence-corrected chi connectivity index (χ1v) is 7.49. The predicted octanol–water partition coefficient (Wildman–Crippen LogP) is 4.13. The minimum absolute atomic E-state index is 0.310. The van der Waals surface area contributed by atoms with Crippen LogP contribution in [0, 0.1) is 0 Å². The van der Waals surface area contributed by atoms with Crippen molar-refractivity contribution >= 4 is 10.9 Å². The second-order valence-corrected chi connectivity index (χ2v) is 5.22. The number of likely N-dealkylation sites (N-methyl/N-ethyl adjacent to an activating group) is 1. The summed E-state index contributed by atoms with van der Waals surface area (Å²) in [4.78, 5) is 4.46. The summed E-state index contributed by atoms with van der Waals surface area (Å²) in [6, 6.07) is 21.5. The fourth-order valence-electron chi connectivity index (χ4n) is 2.82. The van der Waals surface area contributed by atoms with Crippen molar-refractivity contribution < 1.29 is 0 Å². The maximum absolute atomic E-state index is 4.46. The molecule has 0 saturated carbocycles. The van der Waals surface area contributed by atoms with Gasteiger partial charge in [-0.05, 0) is 36.2 Å². The van der Waals surface area contributed by atoms with E-state index in [0.29, 0.717) is 6.04 Å². The quantitative estimate of drug-likeness (QED) is 0.758. The Hall–Kier alpha value is -2.19. The summed E-state index contributed by atoms with van der Waals surface area (Å²) in [7, 11) is 0. The van der Waals surface area contributed by atoms with Crippen molar-refractivity contribution in [2.24, 2.45) is 0 Å². The standard InChI is InChI=1S/C19H20N2/c1-2-20-19(14-15-8-4-3-5-9-15)17-10-6-12-18-16(17)11-7-13-21-18/h3-13,19-20H,2,14H2,1H3. The van der Waals surface area contributed by atoms with Crippen molar-refractivity contribution in [1.29, 1.82) is 0 Å². The van der Waals surface area contributed by atoms with E-state index in [4.69, 9.17) is 0 Å². The first-order chi connectivity index (χ1) is 10.4. The van der Waals surface area contributed by atoms with Gasteiger partial charge in [0.2, 0.25) is 0 Å². The molecule has 2 aromatic carbocycles. The van der Waals surface area contributed by atoms with Gasteiger partial charge in [0.1, 0.15) is 0 Å². The summed E-state index contributed by atoms with van der Waals surface area (Å²) in [5.74, 6) is 0. The van der Waals surface area contributed by atoms with Crippen LogP contribution in [0.3, 0.4) is 0 Å². The molecule has 21 heavy (non-hydrogen) atoms. The fraction of sp³-hybridized carbons (Fsp3) is 0.211. The van der Waals surface area contributed by atoms with Crippen molar-refractivity contribution in [3.05, 3.63) is 78.0 Å². The molecular weight excluding hydrogens is 256 g/mol. The maximum Gasteiger partial charge on any atom is 0.0705 e. The molecule has 0 spiro atoms. The molecule has 106 valence electrons. The molecule has 0 fully saturated rings. The van der Waals surface area contributed by atoms with Crippen LogP contribution in [0.15, 0.2) is 66.9 Å². The molecule has 1 N–H and O–H groups in total. The lowest BCUT2D eigenvalue weighted by Gasteiger charge is -2.20. The highest BCUT2D eigenvalue weighted by Crippen LogP contribution is 2.25. The lowest BCUT2D eigenvalue weighted by Crippen LogP contribution is -2.23. The molecular formula is C19H20N2. The van der Waals surface area contributed by atoms with Crippen molar-refractivity contribution in [1.82, 2.24) is 10.3 Å². The fourth-order valence-corrected chi connectivity index (χ4v) is 2.82. The number of hydrogen-bond donors (Lipinski definition) is 1. The third-order valence-electron chi connectivity index (χ3n) is 3.79. The Bertz CT molecular complexity index is 702. The summed E-state index contributed by atoms with van der Waals surface area (Å²) >= 11 is 0. The van der Waals surface area contributed by atoms with Gasteiger partial charge in [0.15, 0.2) is 0 Å². The van der Waals surface area contributed by atoms with Crippen LogP contribution in [0.4, 0.5) is 0 Å². The van der Waals surface area contributed by atoms with Crippen LogP contribution in [0.2, 0.25) is 0 Å². The van der Waals surface area contributed by atoms with Crippen molar-refractivity contribution in [3.8, 4) is 0 Å². The van der Waals surface area contributed by atoms with Crippen LogP contribution < -0.4 is 5.32 Å². The minimum Gasteiger partial charge on any atom is -0.310 e. The normalized spacial score (nSPS) is 12.4. The number of fused-ring (bicyclic) bond motifs is 1. The van der Waals surface area contributed by atoms with Crippen LogP contribution in [0.1, 0.15) is 24.1 Å². The van der Waals surface area contributed by atoms with Gasteiger partial charge in [-0.15, -0.1) is 0 Å². The topological polar surface area (TPSA) is 24.9 Å². The summed E-state index contributed by atoms with van der Waals surface area (Å²) < 4.78 is 0. The van der Waals surface area contributed by atoms with Gasteiger partial charge in [0.05, 0.1) is 5.52 Å². The van der Waals surface area contributed by atoms with E-state index in [2.05, 4.69) is 71.8 Å². The highest BCUT2D eigenvalue weighted by molar-refractivity contribution is 5.82. The van der Waals surface area contributed by atoms with E-state index in [-0.39, 0.29) is 0 Å². The molecule has 2 heteroatoms. The summed E-state index contributed by atoms with van der Waals surface area (Å²) in [5.41, 5.74) is 3.74. The monoisotopic (exact) mass is 276 g/mol. The second kappa shape index (κ2) is 6.51. The highest BCUT2D eigenvalue weighted by atomic mass is 14.9. The number of benzene rings is 2. The van der Waals surface area contributed by atoms with Gasteiger partial charge in [0.25, 0.3) is 0 Å². The molecule has 2 nitrogen and oxygen atoms in total. The molecule has 1 aromatic heterocycles. The van der Waals surface area contributed by atoms with Gasteiger partial charge in [-0.2, -0.15) is 0 Å². The van der Waals surface area contributed by atoms with Gasteiger partial charge < -0.3 is 5.32 Å². The maximum atomic E-state index is 4.46. The zero-order valence-corrected chi connectivity index (χ0v) is 12.3. The first-order valence-electron chi connectivity index (χ1n) is 7.49. The van der Waals surface area contributed by atoms with Crippen molar-refractivity contribution in [2.45, 2.75) is 19.4 Å². The molecule has 0 aliphatic heterocycles. The largest absolute Gasteiger partial charge is 0.310 e. The van der Waals surface area contributed by atoms with E-state index in [1.807, 2.05) is 12.3 Å². The van der Waals surface area contributed by atoms with Gasteiger partial charge in [-0.3, -0.25) is 4.98 Å². The SMILES string of the molecule is CCNC(Cc1ccccc1)c1cccc2ncccc12. The third-order valence-corrected chi connectivity index (χ3v) is 3.79. The summed E-state index contributed by atoms with van der Waals surface area (Å²) in [6.45, 7) is 3.11. The van der Waals surface area contributed by atoms with E-state index in [9.17, 15) is 0 Å². The Kier molecular flexibility index (Phi) is 4.27. The van der Waals surface area contributed by atoms with E-state index in [0.717, 1.165) is 18.5 Å². The zero-order chi connectivity index (χ0) is 14.5. The van der Waals surface area contributed by atoms with Crippen LogP contribution in [0.25, 0.3) is 10.9 Å². The van der Waals surface area contributed by atoms with E-state index < -0.39 is 0 Å². The minimum atomic E-state index is 0.310. The van der Waals surface area contributed by atoms with Gasteiger partial charge in [-0.1, -0.05) is 55.5 Å². The lowest BCUT2D eigenvalue weighted by molar-refractivity contribution is 0.553. The molecule has 1 heterocycles. The lowest BCUT2D eigenvalue weighted by atomic mass is 9.95. The average Bonchev–Trinajstić information content (AvgIpc) is 2.55. The smallest absolute Gasteiger partial charge is 0.0705 e. The molecule has 0 amide bonds. The van der Waals surface area contributed by atoms with Crippen LogP contribution >= 0.6 is 0 Å². The summed E-state index contributed by atoms with van der Waals surface area (Å²) in [5, 5.41) is 4.85. The van der Waals surface area contributed by atoms with E-state index in [1.54, 1.807) is 0 Å². The van der Waals surface area contributed by atoms with Gasteiger partial charge in [0, 0.05) is 17.6 Å². The number of pyridine rings is 1. The van der Waals surface area contributed by atoms with E-state index in [1.165, 1.54) is 16.5 Å². The molecule has 3 aromatic rings. The van der Waals surface area contributed by atoms with Gasteiger partial charge in [-0.25, -0.2) is 0 Å². The molecule has 0 aliphatic rings. The Balaban J connectivity index is 1.99. The van der Waals surface area contributed by atoms with E-state index >= 15 is 0 Å². The van der Waals surface area contributed by atoms with Crippen LogP contribution in [0.5, 0.6) is 0 Å². The van der Waals surface area contributed by atoms with Crippen molar-refractivity contribution in [2.75, 3.05) is 6.54 Å². The Labute approximate surface area is 125 Å². The highest BCUT2D eigenvalue weighted by Gasteiger charge is 2.14. The predicted molar refractivity (Wildman–Crippen MR) is 88.3 cm³/mol. The Morgan fingerprint density at radius 2 is 1.81 bits per heavy atom. The summed E-state index contributed by atoms with van der Waals surface area (Å²) in [6.07, 6.45) is 2.84. The number of aromatic nitrogens is 1. The molecule has 0 saturated heterocycles. The van der Waals surface area contributed by atoms with Crippen LogP contribution in [-0.4, -0.2) is 11.5 Å². The molecule has 3 rings (SSSR count). The Morgan fingerprint density at radius 1 is 0.952 bits per heavy atom. The molecule has 1 atom stereocenters. The number of nitrogens with zero attached hydrogens (tertiary/aromatic N) is 1. The first kappa shape index (κ1) is 13.8. The van der Waals surface area contributed by atoms with Crippen LogP contribution in [-0.2, 0) is 6.42 Å². The number of hydrogen-bond acceptors (Lipinski definition) is 2. The van der Waals surface area contributed by atoms with Gasteiger partial charge >= 0.3 is 0 Å². The average molecular weight is 276 g/mol. The molecule has 0 radical (unpaired) electrons. The second-order valence-electron chi connectivity index (χ2n) is 5.22. The number of rotatable bonds is 5. The number of nitrogens with one attached hydrogen (secondary N) is 1. The molecule has 0 bridgehead atoms. The zero-order valence-electron chi connectivity index (χ0n) is 12.3. The van der Waals surface area contributed by atoms with Crippen molar-refractivity contribution in [3.63, 3.8) is 0 Å². The Morgan fingerprint density at radius 3 is 2.62 bits per heavy atom. The third kappa shape index (κ3) is 3.11. The molecule has 0 aliphatic carbocycles.